The molecule has 2 aromatic rings. The summed E-state index contributed by atoms with van der Waals surface area (Å²) in [6.45, 7) is 3.16. The Morgan fingerprint density at radius 1 is 1.12 bits per heavy atom. The predicted octanol–water partition coefficient (Wildman–Crippen LogP) is 4.34. The number of anilines is 1. The van der Waals surface area contributed by atoms with Gasteiger partial charge >= 0.3 is 6.18 Å². The molecule has 4 rings (SSSR count). The van der Waals surface area contributed by atoms with Crippen molar-refractivity contribution in [2.75, 3.05) is 12.3 Å². The number of ether oxygens (including phenoxy) is 1. The summed E-state index contributed by atoms with van der Waals surface area (Å²) in [5, 5.41) is 4.15. The van der Waals surface area contributed by atoms with Gasteiger partial charge in [-0.05, 0) is 57.7 Å². The van der Waals surface area contributed by atoms with Gasteiger partial charge in [0.2, 0.25) is 0 Å². The molecule has 2 aliphatic carbocycles. The van der Waals surface area contributed by atoms with Gasteiger partial charge in [-0.1, -0.05) is 5.16 Å². The van der Waals surface area contributed by atoms with E-state index < -0.39 is 24.6 Å². The molecule has 1 saturated carbocycles. The van der Waals surface area contributed by atoms with Gasteiger partial charge in [0.25, 0.3) is 0 Å². The molecule has 0 radical (unpaired) electrons. The summed E-state index contributed by atoms with van der Waals surface area (Å²) in [6, 6.07) is 5.78. The fourth-order valence-electron chi connectivity index (χ4n) is 4.51. The number of nitrogen functional groups attached to an aromatic ring is 1. The van der Waals surface area contributed by atoms with Crippen LogP contribution in [0.1, 0.15) is 57.1 Å². The maximum Gasteiger partial charge on any atom is 0.392 e. The van der Waals surface area contributed by atoms with Crippen molar-refractivity contribution >= 4 is 11.5 Å². The first-order valence-electron chi connectivity index (χ1n) is 11.0. The lowest BCUT2D eigenvalue weighted by molar-refractivity contribution is -0.145. The average molecular weight is 464 g/mol. The largest absolute Gasteiger partial charge is 0.490 e. The Morgan fingerprint density at radius 2 is 1.85 bits per heavy atom. The van der Waals surface area contributed by atoms with Gasteiger partial charge in [0.05, 0.1) is 23.9 Å². The molecule has 1 aromatic carbocycles. The van der Waals surface area contributed by atoms with Crippen LogP contribution in [0.5, 0.6) is 5.75 Å². The third-order valence-electron chi connectivity index (χ3n) is 6.25. The van der Waals surface area contributed by atoms with Crippen molar-refractivity contribution in [1.29, 1.82) is 0 Å². The highest BCUT2D eigenvalue weighted by Gasteiger charge is 2.41. The number of halogens is 3. The van der Waals surface area contributed by atoms with Crippen molar-refractivity contribution in [3.05, 3.63) is 35.7 Å². The quantitative estimate of drug-likeness (QED) is 0.504. The molecule has 1 aromatic heterocycles. The van der Waals surface area contributed by atoms with E-state index >= 15 is 0 Å². The molecule has 33 heavy (non-hydrogen) atoms. The number of hydrogen-bond acceptors (Lipinski definition) is 7. The number of alkyl halides is 3. The number of oxime groups is 1. The van der Waals surface area contributed by atoms with Gasteiger partial charge in [-0.3, -0.25) is 0 Å². The van der Waals surface area contributed by atoms with Gasteiger partial charge in [0, 0.05) is 28.1 Å². The van der Waals surface area contributed by atoms with E-state index in [2.05, 4.69) is 15.1 Å². The summed E-state index contributed by atoms with van der Waals surface area (Å²) >= 11 is 0. The van der Waals surface area contributed by atoms with Crippen molar-refractivity contribution in [3.63, 3.8) is 0 Å². The number of nitrogens with zero attached hydrogens (tertiary/aromatic N) is 3. The fraction of sp³-hybridized carbons (Fsp3) is 0.522. The Balaban J connectivity index is 1.71. The Labute approximate surface area is 190 Å². The molecule has 0 amide bonds. The van der Waals surface area contributed by atoms with Gasteiger partial charge < -0.3 is 21.0 Å². The second-order valence-electron chi connectivity index (χ2n) is 9.11. The minimum atomic E-state index is -4.32. The highest BCUT2D eigenvalue weighted by molar-refractivity contribution is 6.15. The monoisotopic (exact) mass is 463 g/mol. The van der Waals surface area contributed by atoms with Gasteiger partial charge in [-0.25, -0.2) is 9.97 Å². The van der Waals surface area contributed by atoms with Crippen molar-refractivity contribution < 1.29 is 22.7 Å². The molecule has 4 N–H and O–H groups in total. The number of rotatable bonds is 5. The zero-order chi connectivity index (χ0) is 23.8. The Bertz CT molecular complexity index is 1050. The van der Waals surface area contributed by atoms with Crippen LogP contribution in [0.15, 0.2) is 29.7 Å². The highest BCUT2D eigenvalue weighted by atomic mass is 19.4. The molecule has 0 bridgehead atoms. The van der Waals surface area contributed by atoms with Crippen molar-refractivity contribution in [3.8, 4) is 17.0 Å². The van der Waals surface area contributed by atoms with E-state index in [9.17, 15) is 13.2 Å². The molecular formula is C23H28F3N5O2. The van der Waals surface area contributed by atoms with Crippen LogP contribution < -0.4 is 16.2 Å². The standard InChI is InChI=1S/C23H28F3N5O2/c1-22(2)18-19(29-12-30-21(18)28)16-8-7-15(33-14-5-3-13(27)4-6-14)11-17(16)20(22)31-32-10-9-23(24,25)26/h7-8,11-14H,3-6,9-10,27H2,1-2H3,(H2,28,29,30)/b31-20+/t13-,14+. The Kier molecular flexibility index (Phi) is 6.22. The number of fused-ring (bicyclic) bond motifs is 3. The van der Waals surface area contributed by atoms with Crippen molar-refractivity contribution in [2.24, 2.45) is 10.9 Å². The highest BCUT2D eigenvalue weighted by Crippen LogP contribution is 2.45. The van der Waals surface area contributed by atoms with Crippen LogP contribution in [0.2, 0.25) is 0 Å². The first kappa shape index (κ1) is 23.3. The van der Waals surface area contributed by atoms with Crippen LogP contribution in [-0.4, -0.2) is 40.6 Å². The molecule has 7 nitrogen and oxygen atoms in total. The number of nitrogens with two attached hydrogens (primary N) is 2. The molecule has 10 heteroatoms. The van der Waals surface area contributed by atoms with Crippen LogP contribution in [0, 0.1) is 0 Å². The molecule has 0 aliphatic heterocycles. The molecule has 0 unspecified atom stereocenters. The van der Waals surface area contributed by atoms with Crippen LogP contribution in [0.3, 0.4) is 0 Å². The summed E-state index contributed by atoms with van der Waals surface area (Å²) in [4.78, 5) is 13.7. The number of hydrogen-bond donors (Lipinski definition) is 2. The minimum Gasteiger partial charge on any atom is -0.490 e. The lowest BCUT2D eigenvalue weighted by atomic mass is 9.70. The number of benzene rings is 1. The first-order valence-corrected chi connectivity index (χ1v) is 11.0. The lowest BCUT2D eigenvalue weighted by Gasteiger charge is -2.35. The van der Waals surface area contributed by atoms with E-state index in [1.807, 2.05) is 32.0 Å². The zero-order valence-electron chi connectivity index (χ0n) is 18.7. The van der Waals surface area contributed by atoms with Gasteiger partial charge in [0.15, 0.2) is 0 Å². The van der Waals surface area contributed by atoms with Crippen molar-refractivity contribution in [2.45, 2.75) is 69.7 Å². The van der Waals surface area contributed by atoms with Gasteiger partial charge in [0.1, 0.15) is 24.5 Å². The van der Waals surface area contributed by atoms with E-state index in [-0.39, 0.29) is 18.0 Å². The zero-order valence-corrected chi connectivity index (χ0v) is 18.7. The molecule has 1 fully saturated rings. The average Bonchev–Trinajstić information content (AvgIpc) is 2.73. The topological polar surface area (TPSA) is 109 Å². The third kappa shape index (κ3) is 4.90. The van der Waals surface area contributed by atoms with Gasteiger partial charge in [-0.2, -0.15) is 13.2 Å². The fourth-order valence-corrected chi connectivity index (χ4v) is 4.51. The lowest BCUT2D eigenvalue weighted by Crippen LogP contribution is -2.36. The smallest absolute Gasteiger partial charge is 0.392 e. The second-order valence-corrected chi connectivity index (χ2v) is 9.11. The summed E-state index contributed by atoms with van der Waals surface area (Å²) in [5.74, 6) is 0.941. The Hall–Kier alpha value is -2.88. The first-order chi connectivity index (χ1) is 15.6. The normalized spacial score (nSPS) is 23.0. The third-order valence-corrected chi connectivity index (χ3v) is 6.25. The maximum atomic E-state index is 12.6. The van der Waals surface area contributed by atoms with E-state index in [1.165, 1.54) is 6.33 Å². The van der Waals surface area contributed by atoms with E-state index in [4.69, 9.17) is 21.0 Å². The van der Waals surface area contributed by atoms with Gasteiger partial charge in [-0.15, -0.1) is 0 Å². The molecule has 0 atom stereocenters. The minimum absolute atomic E-state index is 0.0631. The second kappa shape index (κ2) is 8.81. The summed E-state index contributed by atoms with van der Waals surface area (Å²) in [7, 11) is 0. The van der Waals surface area contributed by atoms with Crippen LogP contribution in [-0.2, 0) is 10.3 Å². The van der Waals surface area contributed by atoms with E-state index in [0.717, 1.165) is 31.2 Å². The van der Waals surface area contributed by atoms with Crippen molar-refractivity contribution in [1.82, 2.24) is 9.97 Å². The molecule has 0 saturated heterocycles. The predicted molar refractivity (Wildman–Crippen MR) is 119 cm³/mol. The Morgan fingerprint density at radius 3 is 2.55 bits per heavy atom. The summed E-state index contributed by atoms with van der Waals surface area (Å²) in [5.41, 5.74) is 14.6. The summed E-state index contributed by atoms with van der Waals surface area (Å²) in [6.07, 6.45) is -0.396. The molecule has 178 valence electrons. The molecular weight excluding hydrogens is 435 g/mol. The summed E-state index contributed by atoms with van der Waals surface area (Å²) < 4.78 is 43.9. The molecule has 0 spiro atoms. The molecule has 2 aliphatic rings. The van der Waals surface area contributed by atoms with E-state index in [0.29, 0.717) is 28.3 Å². The van der Waals surface area contributed by atoms with E-state index in [1.54, 1.807) is 0 Å². The SMILES string of the molecule is CC1(C)/C(=N/OCCC(F)(F)F)c2cc(O[C@H]3CC[C@@H](N)CC3)ccc2-c2ncnc(N)c21. The van der Waals surface area contributed by atoms with Crippen LogP contribution >= 0.6 is 0 Å². The molecule has 1 heterocycles. The number of aromatic nitrogens is 2. The van der Waals surface area contributed by atoms with Crippen LogP contribution in [0.25, 0.3) is 11.3 Å². The maximum absolute atomic E-state index is 12.6. The van der Waals surface area contributed by atoms with Crippen LogP contribution in [0.4, 0.5) is 19.0 Å².